The number of rotatable bonds is 4. The highest BCUT2D eigenvalue weighted by Crippen LogP contribution is 2.33. The number of aromatic nitrogens is 2. The van der Waals surface area contributed by atoms with Crippen molar-refractivity contribution < 1.29 is 4.52 Å². The molecule has 0 aliphatic carbocycles. The lowest BCUT2D eigenvalue weighted by molar-refractivity contribution is 0.331. The van der Waals surface area contributed by atoms with Crippen LogP contribution in [0.2, 0.25) is 0 Å². The molecule has 1 aliphatic rings. The van der Waals surface area contributed by atoms with E-state index in [0.717, 1.165) is 36.2 Å². The Bertz CT molecular complexity index is 386. The molecule has 2 atom stereocenters. The van der Waals surface area contributed by atoms with Crippen molar-refractivity contribution in [2.75, 3.05) is 18.1 Å². The highest BCUT2D eigenvalue weighted by molar-refractivity contribution is 7.99. The van der Waals surface area contributed by atoms with E-state index in [4.69, 9.17) is 4.52 Å². The smallest absolute Gasteiger partial charge is 0.232 e. The molecule has 1 fully saturated rings. The zero-order valence-electron chi connectivity index (χ0n) is 11.7. The van der Waals surface area contributed by atoms with Crippen molar-refractivity contribution in [3.05, 3.63) is 11.7 Å². The molecule has 102 valence electrons. The Labute approximate surface area is 113 Å². The first-order valence-corrected chi connectivity index (χ1v) is 7.83. The maximum Gasteiger partial charge on any atom is 0.232 e. The van der Waals surface area contributed by atoms with Gasteiger partial charge in [-0.25, -0.2) is 0 Å². The van der Waals surface area contributed by atoms with Crippen molar-refractivity contribution in [2.45, 2.75) is 51.5 Å². The largest absolute Gasteiger partial charge is 0.339 e. The van der Waals surface area contributed by atoms with Crippen LogP contribution in [0.3, 0.4) is 0 Å². The van der Waals surface area contributed by atoms with Gasteiger partial charge in [-0.05, 0) is 13.0 Å². The molecule has 1 aromatic heterocycles. The summed E-state index contributed by atoms with van der Waals surface area (Å²) in [6.07, 6.45) is 1.16. The van der Waals surface area contributed by atoms with Gasteiger partial charge < -0.3 is 9.84 Å². The average molecular weight is 269 g/mol. The second-order valence-electron chi connectivity index (χ2n) is 5.91. The number of nitrogens with zero attached hydrogens (tertiary/aromatic N) is 2. The summed E-state index contributed by atoms with van der Waals surface area (Å²) in [4.78, 5) is 4.59. The van der Waals surface area contributed by atoms with E-state index >= 15 is 0 Å². The Kier molecular flexibility index (Phi) is 4.33. The summed E-state index contributed by atoms with van der Waals surface area (Å²) in [6.45, 7) is 9.57. The zero-order valence-corrected chi connectivity index (χ0v) is 12.5. The van der Waals surface area contributed by atoms with Gasteiger partial charge in [0.25, 0.3) is 0 Å². The molecule has 2 heterocycles. The van der Waals surface area contributed by atoms with E-state index in [1.54, 1.807) is 0 Å². The summed E-state index contributed by atoms with van der Waals surface area (Å²) in [5, 5.41) is 7.70. The molecule has 0 spiro atoms. The van der Waals surface area contributed by atoms with Gasteiger partial charge in [0, 0.05) is 23.0 Å². The molecule has 1 aromatic rings. The molecule has 2 rings (SSSR count). The van der Waals surface area contributed by atoms with E-state index in [9.17, 15) is 0 Å². The van der Waals surface area contributed by atoms with Gasteiger partial charge in [-0.2, -0.15) is 16.7 Å². The molecular formula is C13H23N3OS. The molecule has 0 amide bonds. The molecule has 2 unspecified atom stereocenters. The molecule has 18 heavy (non-hydrogen) atoms. The lowest BCUT2D eigenvalue weighted by Gasteiger charge is -2.16. The third-order valence-electron chi connectivity index (χ3n) is 3.17. The second kappa shape index (κ2) is 5.61. The van der Waals surface area contributed by atoms with Crippen LogP contribution in [0.25, 0.3) is 0 Å². The summed E-state index contributed by atoms with van der Waals surface area (Å²) < 4.78 is 5.47. The number of nitrogens with one attached hydrogen (secondary N) is 1. The Hall–Kier alpha value is -0.550. The third-order valence-corrected chi connectivity index (χ3v) is 4.36. The summed E-state index contributed by atoms with van der Waals surface area (Å²) in [5.74, 6) is 4.19. The minimum absolute atomic E-state index is 0.0418. The van der Waals surface area contributed by atoms with E-state index < -0.39 is 0 Å². The van der Waals surface area contributed by atoms with Gasteiger partial charge in [-0.1, -0.05) is 32.9 Å². The van der Waals surface area contributed by atoms with Crippen LogP contribution in [0, 0.1) is 0 Å². The van der Waals surface area contributed by atoms with Crippen molar-refractivity contribution >= 4 is 11.8 Å². The van der Waals surface area contributed by atoms with Crippen molar-refractivity contribution in [3.63, 3.8) is 0 Å². The van der Waals surface area contributed by atoms with Crippen molar-refractivity contribution in [1.29, 1.82) is 0 Å². The quantitative estimate of drug-likeness (QED) is 0.910. The van der Waals surface area contributed by atoms with Crippen molar-refractivity contribution in [2.24, 2.45) is 0 Å². The zero-order chi connectivity index (χ0) is 13.2. The predicted octanol–water partition coefficient (Wildman–Crippen LogP) is 2.57. The molecule has 0 aromatic carbocycles. The van der Waals surface area contributed by atoms with E-state index in [1.807, 2.05) is 11.8 Å². The summed E-state index contributed by atoms with van der Waals surface area (Å²) >= 11 is 1.96. The first kappa shape index (κ1) is 13.9. The van der Waals surface area contributed by atoms with Crippen LogP contribution >= 0.6 is 11.8 Å². The molecule has 1 saturated heterocycles. The number of hydrogen-bond acceptors (Lipinski definition) is 5. The maximum absolute atomic E-state index is 5.47. The summed E-state index contributed by atoms with van der Waals surface area (Å²) in [5.41, 5.74) is -0.0418. The highest BCUT2D eigenvalue weighted by atomic mass is 32.2. The van der Waals surface area contributed by atoms with Crippen LogP contribution in [0.5, 0.6) is 0 Å². The van der Waals surface area contributed by atoms with Gasteiger partial charge in [-0.3, -0.25) is 0 Å². The fourth-order valence-corrected chi connectivity index (χ4v) is 3.39. The molecule has 4 nitrogen and oxygen atoms in total. The lowest BCUT2D eigenvalue weighted by Crippen LogP contribution is -2.34. The fourth-order valence-electron chi connectivity index (χ4n) is 2.02. The Balaban J connectivity index is 2.08. The normalized spacial score (nSPS) is 24.7. The van der Waals surface area contributed by atoms with E-state index in [1.165, 1.54) is 0 Å². The Morgan fingerprint density at radius 3 is 2.78 bits per heavy atom. The second-order valence-corrected chi connectivity index (χ2v) is 6.99. The molecule has 1 aliphatic heterocycles. The highest BCUT2D eigenvalue weighted by Gasteiger charge is 2.34. The van der Waals surface area contributed by atoms with E-state index in [2.05, 4.69) is 43.2 Å². The maximum atomic E-state index is 5.47. The van der Waals surface area contributed by atoms with Gasteiger partial charge in [0.2, 0.25) is 5.89 Å². The minimum Gasteiger partial charge on any atom is -0.339 e. The van der Waals surface area contributed by atoms with E-state index in [-0.39, 0.29) is 5.41 Å². The monoisotopic (exact) mass is 269 g/mol. The summed E-state index contributed by atoms with van der Waals surface area (Å²) in [6, 6.07) is 0.475. The SMILES string of the molecule is CCCNC1CSCC1c1nc(C(C)(C)C)no1. The van der Waals surface area contributed by atoms with Crippen LogP contribution in [-0.2, 0) is 5.41 Å². The van der Waals surface area contributed by atoms with Gasteiger partial charge in [0.05, 0.1) is 5.92 Å². The van der Waals surface area contributed by atoms with Gasteiger partial charge in [0.15, 0.2) is 5.82 Å². The van der Waals surface area contributed by atoms with Gasteiger partial charge >= 0.3 is 0 Å². The lowest BCUT2D eigenvalue weighted by atomic mass is 9.96. The van der Waals surface area contributed by atoms with Crippen LogP contribution < -0.4 is 5.32 Å². The first-order valence-electron chi connectivity index (χ1n) is 6.67. The van der Waals surface area contributed by atoms with Crippen LogP contribution in [0.15, 0.2) is 4.52 Å². The van der Waals surface area contributed by atoms with Crippen molar-refractivity contribution in [3.8, 4) is 0 Å². The molecule has 0 radical (unpaired) electrons. The molecule has 0 bridgehead atoms. The van der Waals surface area contributed by atoms with Gasteiger partial charge in [-0.15, -0.1) is 0 Å². The predicted molar refractivity (Wildman–Crippen MR) is 75.1 cm³/mol. The summed E-state index contributed by atoms with van der Waals surface area (Å²) in [7, 11) is 0. The van der Waals surface area contributed by atoms with Crippen molar-refractivity contribution in [1.82, 2.24) is 15.5 Å². The average Bonchev–Trinajstić information content (AvgIpc) is 2.93. The topological polar surface area (TPSA) is 51.0 Å². The number of hydrogen-bond donors (Lipinski definition) is 1. The van der Waals surface area contributed by atoms with Crippen LogP contribution in [0.1, 0.15) is 51.7 Å². The molecule has 1 N–H and O–H groups in total. The standard InChI is InChI=1S/C13H23N3OS/c1-5-6-14-10-8-18-7-9(10)11-15-12(16-17-11)13(2,3)4/h9-10,14H,5-8H2,1-4H3. The van der Waals surface area contributed by atoms with Crippen LogP contribution in [-0.4, -0.2) is 34.2 Å². The third kappa shape index (κ3) is 3.06. The van der Waals surface area contributed by atoms with E-state index in [0.29, 0.717) is 12.0 Å². The molecule has 0 saturated carbocycles. The molecule has 5 heteroatoms. The first-order chi connectivity index (χ1) is 8.52. The minimum atomic E-state index is -0.0418. The molecular weight excluding hydrogens is 246 g/mol. The van der Waals surface area contributed by atoms with Gasteiger partial charge in [0.1, 0.15) is 0 Å². The Morgan fingerprint density at radius 2 is 2.17 bits per heavy atom. The number of thioether (sulfide) groups is 1. The van der Waals surface area contributed by atoms with Crippen LogP contribution in [0.4, 0.5) is 0 Å². The fraction of sp³-hybridized carbons (Fsp3) is 0.846. The Morgan fingerprint density at radius 1 is 1.39 bits per heavy atom.